The van der Waals surface area contributed by atoms with Crippen molar-refractivity contribution in [1.82, 2.24) is 0 Å². The van der Waals surface area contributed by atoms with Crippen LogP contribution < -0.4 is 0 Å². The molecule has 0 aromatic heterocycles. The Morgan fingerprint density at radius 1 is 1.18 bits per heavy atom. The lowest BCUT2D eigenvalue weighted by atomic mass is 9.46. The molecule has 0 heterocycles. The fraction of sp³-hybridized carbons (Fsp3) is 0.565. The number of esters is 1. The minimum Gasteiger partial charge on any atom is -0.462 e. The zero-order valence-corrected chi connectivity index (χ0v) is 16.5. The first-order valence-electron chi connectivity index (χ1n) is 10.00. The van der Waals surface area contributed by atoms with E-state index in [1.807, 2.05) is 13.0 Å². The van der Waals surface area contributed by atoms with Crippen LogP contribution in [0.3, 0.4) is 0 Å². The summed E-state index contributed by atoms with van der Waals surface area (Å²) in [6, 6.07) is 0. The number of allylic oxidation sites excluding steroid dienone is 6. The highest BCUT2D eigenvalue weighted by molar-refractivity contribution is 6.02. The first-order valence-corrected chi connectivity index (χ1v) is 10.00. The van der Waals surface area contributed by atoms with Gasteiger partial charge in [-0.05, 0) is 66.7 Å². The van der Waals surface area contributed by atoms with Gasteiger partial charge in [-0.15, -0.1) is 0 Å². The minimum atomic E-state index is -0.510. The molecule has 0 unspecified atom stereocenters. The Kier molecular flexibility index (Phi) is 4.48. The second-order valence-electron chi connectivity index (χ2n) is 9.12. The molecule has 0 N–H and O–H groups in total. The lowest BCUT2D eigenvalue weighted by molar-refractivity contribution is -0.155. The van der Waals surface area contributed by atoms with Crippen molar-refractivity contribution in [2.24, 2.45) is 28.6 Å². The fourth-order valence-corrected chi connectivity index (χ4v) is 6.56. The predicted molar refractivity (Wildman–Crippen MR) is 101 cm³/mol. The largest absolute Gasteiger partial charge is 0.462 e. The summed E-state index contributed by atoms with van der Waals surface area (Å²) in [7, 11) is 0. The van der Waals surface area contributed by atoms with E-state index >= 15 is 0 Å². The summed E-state index contributed by atoms with van der Waals surface area (Å²) in [5.41, 5.74) is 0.353. The van der Waals surface area contributed by atoms with Gasteiger partial charge < -0.3 is 4.74 Å². The highest BCUT2D eigenvalue weighted by Crippen LogP contribution is 2.67. The Bertz CT molecular complexity index is 852. The quantitative estimate of drug-likeness (QED) is 0.583. The van der Waals surface area contributed by atoms with E-state index in [2.05, 4.69) is 6.92 Å². The second kappa shape index (κ2) is 6.50. The summed E-state index contributed by atoms with van der Waals surface area (Å²) in [6.07, 6.45) is 8.87. The van der Waals surface area contributed by atoms with Crippen molar-refractivity contribution in [2.45, 2.75) is 52.6 Å². The van der Waals surface area contributed by atoms with Crippen LogP contribution in [-0.2, 0) is 14.3 Å². The molecular formula is C23H26F2O3. The van der Waals surface area contributed by atoms with E-state index in [1.165, 1.54) is 13.0 Å². The Labute approximate surface area is 164 Å². The molecule has 4 aliphatic rings. The van der Waals surface area contributed by atoms with E-state index in [4.69, 9.17) is 4.74 Å². The maximum absolute atomic E-state index is 14.2. The van der Waals surface area contributed by atoms with Crippen molar-refractivity contribution < 1.29 is 23.1 Å². The highest BCUT2D eigenvalue weighted by atomic mass is 19.1. The van der Waals surface area contributed by atoms with Crippen LogP contribution in [0, 0.1) is 28.6 Å². The average Bonchev–Trinajstić information content (AvgIpc) is 2.97. The minimum absolute atomic E-state index is 0.0722. The van der Waals surface area contributed by atoms with E-state index < -0.39 is 5.41 Å². The molecule has 0 amide bonds. The van der Waals surface area contributed by atoms with Gasteiger partial charge in [-0.25, -0.2) is 8.78 Å². The second-order valence-corrected chi connectivity index (χ2v) is 9.12. The molecule has 0 aromatic carbocycles. The Hall–Kier alpha value is -2.04. The molecule has 0 saturated heterocycles. The topological polar surface area (TPSA) is 43.4 Å². The van der Waals surface area contributed by atoms with Crippen LogP contribution in [0.4, 0.5) is 8.78 Å². The molecule has 150 valence electrons. The van der Waals surface area contributed by atoms with Gasteiger partial charge in [0.25, 0.3) is 0 Å². The molecule has 0 spiro atoms. The number of halogens is 2. The van der Waals surface area contributed by atoms with E-state index in [1.54, 1.807) is 6.08 Å². The number of ketones is 1. The number of carbonyl (C=O) groups is 2. The van der Waals surface area contributed by atoms with E-state index in [0.717, 1.165) is 25.7 Å². The molecule has 3 fully saturated rings. The average molecular weight is 388 g/mol. The van der Waals surface area contributed by atoms with Gasteiger partial charge in [0.1, 0.15) is 6.10 Å². The van der Waals surface area contributed by atoms with Gasteiger partial charge in [0.15, 0.2) is 5.78 Å². The molecule has 0 radical (unpaired) electrons. The van der Waals surface area contributed by atoms with E-state index in [-0.39, 0.29) is 46.6 Å². The summed E-state index contributed by atoms with van der Waals surface area (Å²) < 4.78 is 33.8. The number of ether oxygens (including phenoxy) is 1. The molecule has 0 bridgehead atoms. The fourth-order valence-electron chi connectivity index (χ4n) is 6.56. The van der Waals surface area contributed by atoms with E-state index in [9.17, 15) is 18.4 Å². The van der Waals surface area contributed by atoms with Crippen molar-refractivity contribution >= 4 is 11.8 Å². The van der Waals surface area contributed by atoms with Crippen LogP contribution >= 0.6 is 0 Å². The van der Waals surface area contributed by atoms with Crippen LogP contribution in [0.5, 0.6) is 0 Å². The summed E-state index contributed by atoms with van der Waals surface area (Å²) in [6.45, 7) is 5.57. The molecule has 4 aliphatic carbocycles. The predicted octanol–water partition coefficient (Wildman–Crippen LogP) is 5.15. The number of hydrogen-bond donors (Lipinski definition) is 0. The maximum atomic E-state index is 14.2. The first-order chi connectivity index (χ1) is 13.3. The number of hydrogen-bond acceptors (Lipinski definition) is 3. The van der Waals surface area contributed by atoms with Gasteiger partial charge >= 0.3 is 5.97 Å². The lowest BCUT2D eigenvalue weighted by Crippen LogP contribution is -2.52. The number of carbonyl (C=O) groups excluding carboxylic acids is 2. The van der Waals surface area contributed by atoms with Crippen molar-refractivity contribution in [2.75, 3.05) is 0 Å². The van der Waals surface area contributed by atoms with Crippen LogP contribution in [0.25, 0.3) is 0 Å². The summed E-state index contributed by atoms with van der Waals surface area (Å²) in [5, 5.41) is 0. The van der Waals surface area contributed by atoms with Crippen LogP contribution in [0.1, 0.15) is 46.5 Å². The van der Waals surface area contributed by atoms with Gasteiger partial charge in [-0.3, -0.25) is 9.59 Å². The SMILES string of the molecule is CC(=O)O[C@@H]1CC[C@H]2[C@@H]3C(=CF)C(=CF)C4=CC(=O)C=C[C@]4(C)[C@H]3CC[C@]12C. The molecule has 0 aliphatic heterocycles. The normalized spacial score (nSPS) is 44.8. The molecule has 28 heavy (non-hydrogen) atoms. The third kappa shape index (κ3) is 2.51. The number of fused-ring (bicyclic) bond motifs is 5. The molecule has 3 nitrogen and oxygen atoms in total. The Balaban J connectivity index is 1.82. The maximum Gasteiger partial charge on any atom is 0.302 e. The molecule has 0 aromatic rings. The van der Waals surface area contributed by atoms with Gasteiger partial charge in [-0.2, -0.15) is 0 Å². The summed E-state index contributed by atoms with van der Waals surface area (Å²) in [5.74, 6) is -0.500. The van der Waals surface area contributed by atoms with Crippen LogP contribution in [0.2, 0.25) is 0 Å². The summed E-state index contributed by atoms with van der Waals surface area (Å²) in [4.78, 5) is 23.6. The number of rotatable bonds is 1. The van der Waals surface area contributed by atoms with Crippen LogP contribution in [-0.4, -0.2) is 17.9 Å². The molecule has 6 atom stereocenters. The monoisotopic (exact) mass is 388 g/mol. The van der Waals surface area contributed by atoms with Gasteiger partial charge in [0, 0.05) is 23.3 Å². The van der Waals surface area contributed by atoms with Crippen LogP contribution in [0.15, 0.2) is 47.6 Å². The third-order valence-corrected chi connectivity index (χ3v) is 7.91. The zero-order valence-electron chi connectivity index (χ0n) is 16.5. The highest BCUT2D eigenvalue weighted by Gasteiger charge is 2.61. The first kappa shape index (κ1) is 19.3. The lowest BCUT2D eigenvalue weighted by Gasteiger charge is -2.57. The van der Waals surface area contributed by atoms with Crippen molar-refractivity contribution in [3.63, 3.8) is 0 Å². The van der Waals surface area contributed by atoms with Gasteiger partial charge in [-0.1, -0.05) is 19.9 Å². The van der Waals surface area contributed by atoms with Crippen molar-refractivity contribution in [1.29, 1.82) is 0 Å². The molecule has 3 saturated carbocycles. The Morgan fingerprint density at radius 2 is 1.93 bits per heavy atom. The van der Waals surface area contributed by atoms with Crippen molar-refractivity contribution in [3.05, 3.63) is 47.6 Å². The van der Waals surface area contributed by atoms with Crippen molar-refractivity contribution in [3.8, 4) is 0 Å². The smallest absolute Gasteiger partial charge is 0.302 e. The van der Waals surface area contributed by atoms with E-state index in [0.29, 0.717) is 23.8 Å². The van der Waals surface area contributed by atoms with Gasteiger partial charge in [0.2, 0.25) is 0 Å². The standard InChI is InChI=1S/C23H26F2O3/c1-13(26)28-20-5-4-17-21-16(12-25)15(11-24)19-10-14(27)6-8-22(19,2)18(21)7-9-23(17,20)3/h6,8,10-12,17-18,20-21H,4-5,7,9H2,1-3H3/t17-,18-,20+,21-,22+,23-/m0/s1. The molecule has 4 rings (SSSR count). The molecule has 5 heteroatoms. The summed E-state index contributed by atoms with van der Waals surface area (Å²) >= 11 is 0. The zero-order chi connectivity index (χ0) is 20.3. The molecular weight excluding hydrogens is 362 g/mol. The third-order valence-electron chi connectivity index (χ3n) is 7.91. The van der Waals surface area contributed by atoms with Gasteiger partial charge in [0.05, 0.1) is 12.7 Å². The Morgan fingerprint density at radius 3 is 2.57 bits per heavy atom.